The number of nitrogens with zero attached hydrogens (tertiary/aromatic N) is 1. The molecule has 1 N–H and O–H groups in total. The number of carbonyl (C=O) groups is 2. The van der Waals surface area contributed by atoms with Crippen LogP contribution in [0.2, 0.25) is 0 Å². The van der Waals surface area contributed by atoms with Crippen molar-refractivity contribution in [3.05, 3.63) is 0 Å². The average Bonchev–Trinajstić information content (AvgIpc) is 1.59. The molecule has 66 valence electrons. The monoisotopic (exact) mass is 163 g/mol. The third-order valence-electron chi connectivity index (χ3n) is 0.175. The van der Waals surface area contributed by atoms with Gasteiger partial charge in [0.05, 0.1) is 28.2 Å². The van der Waals surface area contributed by atoms with Crippen molar-refractivity contribution >= 4 is 11.9 Å². The predicted octanol–water partition coefficient (Wildman–Crippen LogP) is -1.86. The second-order valence-corrected chi connectivity index (χ2v) is 3.28. The first-order valence-corrected chi connectivity index (χ1v) is 2.87. The van der Waals surface area contributed by atoms with Gasteiger partial charge in [-0.3, -0.25) is 0 Å². The third kappa shape index (κ3) is 50.4. The Hall–Kier alpha value is -1.10. The highest BCUT2D eigenvalue weighted by atomic mass is 16.4. The number of hydrogen-bond donors (Lipinski definition) is 1. The molecule has 0 aliphatic carbocycles. The van der Waals surface area contributed by atoms with Gasteiger partial charge in [-0.15, -0.1) is 0 Å². The highest BCUT2D eigenvalue weighted by molar-refractivity contribution is 6.26. The molecule has 0 atom stereocenters. The van der Waals surface area contributed by atoms with Crippen LogP contribution in [0.4, 0.5) is 0 Å². The zero-order valence-electron chi connectivity index (χ0n) is 7.12. The van der Waals surface area contributed by atoms with E-state index in [0.29, 0.717) is 0 Å². The summed E-state index contributed by atoms with van der Waals surface area (Å²) >= 11 is 0. The van der Waals surface area contributed by atoms with Gasteiger partial charge in [0.1, 0.15) is 0 Å². The number of carboxylic acids is 2. The minimum atomic E-state index is -2.07. The Kier molecular flexibility index (Phi) is 5.34. The molecule has 0 bridgehead atoms. The third-order valence-corrected chi connectivity index (χ3v) is 0.175. The molecule has 0 amide bonds. The van der Waals surface area contributed by atoms with Crippen molar-refractivity contribution in [2.45, 2.75) is 0 Å². The van der Waals surface area contributed by atoms with E-state index in [0.717, 1.165) is 4.48 Å². The lowest BCUT2D eigenvalue weighted by Gasteiger charge is -2.14. The topological polar surface area (TPSA) is 77.4 Å². The van der Waals surface area contributed by atoms with E-state index in [1.54, 1.807) is 0 Å². The molecule has 0 saturated carbocycles. The van der Waals surface area contributed by atoms with Crippen LogP contribution in [-0.2, 0) is 9.59 Å². The Morgan fingerprint density at radius 2 is 1.27 bits per heavy atom. The standard InChI is InChI=1S/C4H12N.C2H2O4/c1-5(2,3)4;3-1(4)2(5)6/h1-4H3;(H,3,4)(H,5,6)/q+1;/p-1. The van der Waals surface area contributed by atoms with E-state index in [4.69, 9.17) is 19.8 Å². The lowest BCUT2D eigenvalue weighted by Crippen LogP contribution is -2.30. The first-order chi connectivity index (χ1) is 4.64. The Balaban J connectivity index is 0. The second-order valence-electron chi connectivity index (χ2n) is 3.28. The smallest absolute Gasteiger partial charge is 0.351 e. The summed E-state index contributed by atoms with van der Waals surface area (Å²) in [5, 5.41) is 16.3. The highest BCUT2D eigenvalue weighted by Crippen LogP contribution is 1.73. The first-order valence-electron chi connectivity index (χ1n) is 2.87. The predicted molar refractivity (Wildman–Crippen MR) is 36.6 cm³/mol. The molecule has 5 heteroatoms. The zero-order chi connectivity index (χ0) is 9.65. The summed E-state index contributed by atoms with van der Waals surface area (Å²) in [5.74, 6) is -4.01. The van der Waals surface area contributed by atoms with Crippen LogP contribution >= 0.6 is 0 Å². The van der Waals surface area contributed by atoms with Crippen LogP contribution in [0.25, 0.3) is 0 Å². The fourth-order valence-corrected chi connectivity index (χ4v) is 0. The van der Waals surface area contributed by atoms with E-state index < -0.39 is 11.9 Å². The van der Waals surface area contributed by atoms with Crippen molar-refractivity contribution < 1.29 is 24.3 Å². The molecule has 0 radical (unpaired) electrons. The molecule has 0 aliphatic rings. The van der Waals surface area contributed by atoms with E-state index >= 15 is 0 Å². The van der Waals surface area contributed by atoms with Crippen LogP contribution in [0, 0.1) is 0 Å². The fraction of sp³-hybridized carbons (Fsp3) is 0.667. The van der Waals surface area contributed by atoms with Crippen LogP contribution in [0.1, 0.15) is 0 Å². The van der Waals surface area contributed by atoms with E-state index in [-0.39, 0.29) is 0 Å². The SMILES string of the molecule is C[N+](C)(C)C.O=C([O-])C(=O)O. The zero-order valence-corrected chi connectivity index (χ0v) is 7.12. The number of quaternary nitrogens is 1. The maximum Gasteiger partial charge on any atom is 0.351 e. The summed E-state index contributed by atoms with van der Waals surface area (Å²) in [5.41, 5.74) is 0. The lowest BCUT2D eigenvalue weighted by atomic mass is 10.7. The Bertz CT molecular complexity index is 129. The Labute approximate surface area is 65.5 Å². The van der Waals surface area contributed by atoms with Gasteiger partial charge >= 0.3 is 5.97 Å². The summed E-state index contributed by atoms with van der Waals surface area (Å²) in [4.78, 5) is 18.0. The van der Waals surface area contributed by atoms with Crippen LogP contribution < -0.4 is 5.11 Å². The van der Waals surface area contributed by atoms with Crippen molar-refractivity contribution in [2.75, 3.05) is 28.2 Å². The molecule has 0 heterocycles. The van der Waals surface area contributed by atoms with E-state index in [2.05, 4.69) is 28.2 Å². The normalized spacial score (nSPS) is 9.45. The van der Waals surface area contributed by atoms with Crippen LogP contribution in [0.3, 0.4) is 0 Å². The molecule has 0 aliphatic heterocycles. The van der Waals surface area contributed by atoms with Gasteiger partial charge in [-0.05, 0) is 0 Å². The van der Waals surface area contributed by atoms with Gasteiger partial charge < -0.3 is 19.5 Å². The molecular weight excluding hydrogens is 150 g/mol. The Morgan fingerprint density at radius 3 is 1.27 bits per heavy atom. The van der Waals surface area contributed by atoms with Crippen molar-refractivity contribution in [2.24, 2.45) is 0 Å². The van der Waals surface area contributed by atoms with Gasteiger partial charge in [0.15, 0.2) is 5.97 Å². The maximum atomic E-state index is 9.04. The molecule has 11 heavy (non-hydrogen) atoms. The molecular formula is C6H13NO4. The number of hydrogen-bond acceptors (Lipinski definition) is 3. The lowest BCUT2D eigenvalue weighted by molar-refractivity contribution is -0.849. The molecule has 0 spiro atoms. The van der Waals surface area contributed by atoms with E-state index in [1.165, 1.54) is 0 Å². The minimum absolute atomic E-state index is 1.00. The molecule has 0 fully saturated rings. The van der Waals surface area contributed by atoms with Crippen molar-refractivity contribution in [1.29, 1.82) is 0 Å². The molecule has 5 nitrogen and oxygen atoms in total. The van der Waals surface area contributed by atoms with Gasteiger partial charge in [-0.2, -0.15) is 0 Å². The largest absolute Gasteiger partial charge is 0.539 e. The van der Waals surface area contributed by atoms with Gasteiger partial charge in [-0.25, -0.2) is 4.79 Å². The van der Waals surface area contributed by atoms with Crippen molar-refractivity contribution in [1.82, 2.24) is 0 Å². The van der Waals surface area contributed by atoms with E-state index in [9.17, 15) is 0 Å². The molecule has 0 rings (SSSR count). The summed E-state index contributed by atoms with van der Waals surface area (Å²) < 4.78 is 1.00. The summed E-state index contributed by atoms with van der Waals surface area (Å²) in [6.07, 6.45) is 0. The molecule has 0 saturated heterocycles. The van der Waals surface area contributed by atoms with Gasteiger partial charge in [0, 0.05) is 0 Å². The fourth-order valence-electron chi connectivity index (χ4n) is 0. The summed E-state index contributed by atoms with van der Waals surface area (Å²) in [6.45, 7) is 0. The summed E-state index contributed by atoms with van der Waals surface area (Å²) in [7, 11) is 8.50. The average molecular weight is 163 g/mol. The number of carbonyl (C=O) groups excluding carboxylic acids is 1. The van der Waals surface area contributed by atoms with Crippen LogP contribution in [0.5, 0.6) is 0 Å². The molecule has 0 aromatic heterocycles. The first kappa shape index (κ1) is 12.6. The van der Waals surface area contributed by atoms with Gasteiger partial charge in [0.25, 0.3) is 0 Å². The van der Waals surface area contributed by atoms with Crippen molar-refractivity contribution in [3.63, 3.8) is 0 Å². The molecule has 0 unspecified atom stereocenters. The number of aliphatic carboxylic acids is 2. The quantitative estimate of drug-likeness (QED) is 0.335. The highest BCUT2D eigenvalue weighted by Gasteiger charge is 1.90. The number of rotatable bonds is 0. The van der Waals surface area contributed by atoms with Gasteiger partial charge in [-0.1, -0.05) is 0 Å². The molecule has 0 aromatic carbocycles. The molecule has 0 aromatic rings. The Morgan fingerprint density at radius 1 is 1.18 bits per heavy atom. The van der Waals surface area contributed by atoms with E-state index in [1.807, 2.05) is 0 Å². The number of carboxylic acid groups (broad SMARTS) is 2. The van der Waals surface area contributed by atoms with Crippen LogP contribution in [-0.4, -0.2) is 49.7 Å². The van der Waals surface area contributed by atoms with Crippen molar-refractivity contribution in [3.8, 4) is 0 Å². The van der Waals surface area contributed by atoms with Gasteiger partial charge in [0.2, 0.25) is 0 Å². The minimum Gasteiger partial charge on any atom is -0.539 e. The second kappa shape index (κ2) is 4.68. The van der Waals surface area contributed by atoms with Crippen LogP contribution in [0.15, 0.2) is 0 Å². The maximum absolute atomic E-state index is 9.04. The summed E-state index contributed by atoms with van der Waals surface area (Å²) in [6, 6.07) is 0.